The van der Waals surface area contributed by atoms with Gasteiger partial charge in [0.15, 0.2) is 6.29 Å². The van der Waals surface area contributed by atoms with E-state index in [1.165, 1.54) is 0 Å². The van der Waals surface area contributed by atoms with Crippen LogP contribution in [-0.2, 0) is 9.47 Å². The van der Waals surface area contributed by atoms with Gasteiger partial charge in [-0.05, 0) is 0 Å². The van der Waals surface area contributed by atoms with Gasteiger partial charge in [-0.15, -0.1) is 13.2 Å². The third kappa shape index (κ3) is 2.51. The number of alkyl halides is 3. The van der Waals surface area contributed by atoms with Crippen LogP contribution in [-0.4, -0.2) is 19.4 Å². The molecule has 0 saturated carbocycles. The summed E-state index contributed by atoms with van der Waals surface area (Å²) in [5.74, 6) is 0. The summed E-state index contributed by atoms with van der Waals surface area (Å²) in [6.45, 7) is 1.15. The Morgan fingerprint density at radius 1 is 1.60 bits per heavy atom. The first-order valence-electron chi connectivity index (χ1n) is 2.51. The molecule has 59 valence electrons. The zero-order chi connectivity index (χ0) is 7.61. The molecule has 0 spiro atoms. The van der Waals surface area contributed by atoms with Gasteiger partial charge in [-0.25, -0.2) is 0 Å². The van der Waals surface area contributed by atoms with Crippen LogP contribution in [0.25, 0.3) is 0 Å². The summed E-state index contributed by atoms with van der Waals surface area (Å²) in [5, 5.41) is 2.42. The van der Waals surface area contributed by atoms with Crippen molar-refractivity contribution in [2.24, 2.45) is 0 Å². The number of nitrogens with one attached hydrogen (secondary N) is 1. The molecule has 0 aromatic rings. The van der Waals surface area contributed by atoms with Gasteiger partial charge in [0.25, 0.3) is 0 Å². The predicted octanol–water partition coefficient (Wildman–Crippen LogP) is 0.588. The third-order valence-corrected chi connectivity index (χ3v) is 0.835. The number of ether oxygens (including phenoxy) is 2. The molecule has 1 rings (SSSR count). The average molecular weight is 156 g/mol. The van der Waals surface area contributed by atoms with Crippen LogP contribution in [0.4, 0.5) is 13.2 Å². The maximum absolute atomic E-state index is 11.4. The molecule has 6 heteroatoms. The number of rotatable bonds is 1. The maximum atomic E-state index is 11.4. The van der Waals surface area contributed by atoms with Crippen LogP contribution in [0.3, 0.4) is 0 Å². The van der Waals surface area contributed by atoms with Crippen LogP contribution in [0.2, 0.25) is 0 Å². The minimum absolute atomic E-state index is 0.0563. The molecule has 1 radical (unpaired) electrons. The van der Waals surface area contributed by atoms with Crippen molar-refractivity contribution in [3.05, 3.63) is 6.54 Å². The van der Waals surface area contributed by atoms with Gasteiger partial charge in [0.1, 0.15) is 6.73 Å². The highest BCUT2D eigenvalue weighted by atomic mass is 19.4. The van der Waals surface area contributed by atoms with Crippen molar-refractivity contribution >= 4 is 0 Å². The summed E-state index contributed by atoms with van der Waals surface area (Å²) < 4.78 is 42.0. The van der Waals surface area contributed by atoms with E-state index in [1.54, 1.807) is 0 Å². The average Bonchev–Trinajstić information content (AvgIpc) is 2.12. The van der Waals surface area contributed by atoms with Gasteiger partial charge >= 0.3 is 6.36 Å². The van der Waals surface area contributed by atoms with Gasteiger partial charge in [0.05, 0.1) is 6.54 Å². The van der Waals surface area contributed by atoms with E-state index in [4.69, 9.17) is 0 Å². The van der Waals surface area contributed by atoms with Crippen LogP contribution in [0.5, 0.6) is 0 Å². The Labute approximate surface area is 55.1 Å². The molecule has 0 amide bonds. The van der Waals surface area contributed by atoms with E-state index in [-0.39, 0.29) is 6.73 Å². The molecular formula is C4H5F3NO2. The van der Waals surface area contributed by atoms with E-state index in [0.29, 0.717) is 0 Å². The van der Waals surface area contributed by atoms with E-state index in [0.717, 1.165) is 6.54 Å². The number of hydrogen-bond acceptors (Lipinski definition) is 3. The third-order valence-electron chi connectivity index (χ3n) is 0.835. The number of hydrogen-bond donors (Lipinski definition) is 1. The lowest BCUT2D eigenvalue weighted by atomic mass is 10.6. The largest absolute Gasteiger partial charge is 0.524 e. The summed E-state index contributed by atoms with van der Waals surface area (Å²) in [4.78, 5) is 0. The van der Waals surface area contributed by atoms with Gasteiger partial charge in [0, 0.05) is 0 Å². The molecule has 0 aliphatic carbocycles. The summed E-state index contributed by atoms with van der Waals surface area (Å²) >= 11 is 0. The van der Waals surface area contributed by atoms with Crippen molar-refractivity contribution in [2.45, 2.75) is 12.7 Å². The molecule has 1 unspecified atom stereocenters. The van der Waals surface area contributed by atoms with E-state index in [9.17, 15) is 13.2 Å². The molecule has 1 heterocycles. The summed E-state index contributed by atoms with van der Waals surface area (Å²) in [5.41, 5.74) is 0. The van der Waals surface area contributed by atoms with Gasteiger partial charge in [-0.2, -0.15) is 0 Å². The van der Waals surface area contributed by atoms with Gasteiger partial charge in [0.2, 0.25) is 0 Å². The molecule has 1 saturated heterocycles. The fourth-order valence-corrected chi connectivity index (χ4v) is 0.522. The standard InChI is InChI=1S/C4H5F3NO2/c5-4(6,7)10-3-1-8-2-9-3/h1,3,8H,2H2. The lowest BCUT2D eigenvalue weighted by molar-refractivity contribution is -0.366. The fourth-order valence-electron chi connectivity index (χ4n) is 0.522. The fraction of sp³-hybridized carbons (Fsp3) is 0.750. The first kappa shape index (κ1) is 7.77. The van der Waals surface area contributed by atoms with Crippen molar-refractivity contribution in [2.75, 3.05) is 6.73 Å². The van der Waals surface area contributed by atoms with Crippen molar-refractivity contribution in [1.29, 1.82) is 0 Å². The SMILES string of the molecule is FC(F)(F)OC1[CH]NCO1. The van der Waals surface area contributed by atoms with Crippen LogP contribution < -0.4 is 5.32 Å². The Morgan fingerprint density at radius 2 is 2.30 bits per heavy atom. The molecule has 1 aliphatic heterocycles. The van der Waals surface area contributed by atoms with Crippen molar-refractivity contribution in [3.63, 3.8) is 0 Å². The normalized spacial score (nSPS) is 27.3. The van der Waals surface area contributed by atoms with E-state index in [1.807, 2.05) is 0 Å². The zero-order valence-corrected chi connectivity index (χ0v) is 4.81. The van der Waals surface area contributed by atoms with Gasteiger partial charge < -0.3 is 4.74 Å². The Balaban J connectivity index is 2.24. The predicted molar refractivity (Wildman–Crippen MR) is 24.3 cm³/mol. The monoisotopic (exact) mass is 156 g/mol. The molecule has 1 N–H and O–H groups in total. The topological polar surface area (TPSA) is 30.5 Å². The zero-order valence-electron chi connectivity index (χ0n) is 4.81. The summed E-state index contributed by atoms with van der Waals surface area (Å²) in [6.07, 6.45) is -5.94. The van der Waals surface area contributed by atoms with Crippen LogP contribution in [0.15, 0.2) is 0 Å². The smallest absolute Gasteiger partial charge is 0.335 e. The second-order valence-electron chi connectivity index (χ2n) is 1.61. The summed E-state index contributed by atoms with van der Waals surface area (Å²) in [7, 11) is 0. The first-order valence-corrected chi connectivity index (χ1v) is 2.51. The van der Waals surface area contributed by atoms with Crippen LogP contribution >= 0.6 is 0 Å². The van der Waals surface area contributed by atoms with Crippen molar-refractivity contribution in [3.8, 4) is 0 Å². The minimum atomic E-state index is -4.63. The molecule has 1 atom stereocenters. The quantitative estimate of drug-likeness (QED) is 0.602. The lowest BCUT2D eigenvalue weighted by Crippen LogP contribution is -2.23. The highest BCUT2D eigenvalue weighted by Gasteiger charge is 2.35. The molecule has 1 fully saturated rings. The van der Waals surface area contributed by atoms with Gasteiger partial charge in [-0.3, -0.25) is 10.1 Å². The Bertz CT molecular complexity index is 110. The molecule has 0 aromatic heterocycles. The summed E-state index contributed by atoms with van der Waals surface area (Å²) in [6, 6.07) is 0. The molecule has 0 bridgehead atoms. The molecular weight excluding hydrogens is 151 g/mol. The molecule has 1 aliphatic rings. The van der Waals surface area contributed by atoms with Gasteiger partial charge in [-0.1, -0.05) is 0 Å². The molecule has 0 aromatic carbocycles. The Hall–Kier alpha value is -0.330. The van der Waals surface area contributed by atoms with Crippen LogP contribution in [0.1, 0.15) is 0 Å². The number of halogens is 3. The second-order valence-corrected chi connectivity index (χ2v) is 1.61. The lowest BCUT2D eigenvalue weighted by Gasteiger charge is -2.11. The van der Waals surface area contributed by atoms with E-state index < -0.39 is 12.7 Å². The second kappa shape index (κ2) is 2.73. The minimum Gasteiger partial charge on any atom is -0.335 e. The van der Waals surface area contributed by atoms with Crippen LogP contribution in [0, 0.1) is 6.54 Å². The first-order chi connectivity index (χ1) is 4.58. The Morgan fingerprint density at radius 3 is 2.70 bits per heavy atom. The highest BCUT2D eigenvalue weighted by molar-refractivity contribution is 4.70. The van der Waals surface area contributed by atoms with Crippen molar-refractivity contribution < 1.29 is 22.6 Å². The van der Waals surface area contributed by atoms with Crippen molar-refractivity contribution in [1.82, 2.24) is 5.32 Å². The maximum Gasteiger partial charge on any atom is 0.524 e. The molecule has 10 heavy (non-hydrogen) atoms. The van der Waals surface area contributed by atoms with E-state index >= 15 is 0 Å². The highest BCUT2D eigenvalue weighted by Crippen LogP contribution is 2.20. The molecule has 3 nitrogen and oxygen atoms in total. The van der Waals surface area contributed by atoms with E-state index in [2.05, 4.69) is 14.8 Å². The Kier molecular flexibility index (Phi) is 2.12.